The van der Waals surface area contributed by atoms with Gasteiger partial charge in [0, 0.05) is 24.2 Å². The minimum atomic E-state index is -0.804. The van der Waals surface area contributed by atoms with E-state index in [1.165, 1.54) is 12.1 Å². The van der Waals surface area contributed by atoms with E-state index >= 15 is 0 Å². The zero-order valence-corrected chi connectivity index (χ0v) is 18.7. The highest BCUT2D eigenvalue weighted by atomic mass is 19.1. The molecule has 0 unspecified atom stereocenters. The van der Waals surface area contributed by atoms with Gasteiger partial charge in [-0.2, -0.15) is 0 Å². The highest BCUT2D eigenvalue weighted by Gasteiger charge is 2.18. The lowest BCUT2D eigenvalue weighted by molar-refractivity contribution is -0.116. The maximum absolute atomic E-state index is 14.0. The van der Waals surface area contributed by atoms with E-state index in [0.717, 1.165) is 16.8 Å². The number of fused-ring (bicyclic) bond motifs is 1. The number of halogens is 1. The molecule has 0 saturated heterocycles. The molecule has 0 bridgehead atoms. The molecule has 3 N–H and O–H groups in total. The van der Waals surface area contributed by atoms with Crippen molar-refractivity contribution < 1.29 is 23.5 Å². The van der Waals surface area contributed by atoms with Crippen LogP contribution in [0.25, 0.3) is 10.8 Å². The van der Waals surface area contributed by atoms with Crippen LogP contribution in [0.2, 0.25) is 0 Å². The van der Waals surface area contributed by atoms with Crippen molar-refractivity contribution in [3.8, 4) is 0 Å². The van der Waals surface area contributed by atoms with E-state index in [4.69, 9.17) is 4.74 Å². The summed E-state index contributed by atoms with van der Waals surface area (Å²) in [6.07, 6.45) is -0.785. The van der Waals surface area contributed by atoms with Gasteiger partial charge < -0.3 is 15.4 Å². The molecule has 3 rings (SSSR count). The van der Waals surface area contributed by atoms with Crippen LogP contribution in [0.1, 0.15) is 37.6 Å². The molecular formula is C25H26FN3O4. The van der Waals surface area contributed by atoms with Crippen molar-refractivity contribution in [2.45, 2.75) is 32.8 Å². The Balaban J connectivity index is 1.51. The number of carbonyl (C=O) groups excluding carboxylic acids is 3. The van der Waals surface area contributed by atoms with Crippen LogP contribution in [0.3, 0.4) is 0 Å². The highest BCUT2D eigenvalue weighted by molar-refractivity contribution is 5.99. The standard InChI is InChI=1S/C25H26FN3O4/c1-25(2,3)33-24(32)29-21-15-19(10-11-20(21)26)28-22(30)12-13-27-23(31)18-9-8-16-6-4-5-7-17(16)14-18/h4-11,14-15H,12-13H2,1-3H3,(H,27,31)(H,28,30)(H,29,32). The van der Waals surface area contributed by atoms with Crippen LogP contribution in [-0.2, 0) is 9.53 Å². The van der Waals surface area contributed by atoms with E-state index in [-0.39, 0.29) is 30.5 Å². The predicted molar refractivity (Wildman–Crippen MR) is 126 cm³/mol. The van der Waals surface area contributed by atoms with Crippen molar-refractivity contribution in [2.75, 3.05) is 17.2 Å². The highest BCUT2D eigenvalue weighted by Crippen LogP contribution is 2.21. The Bertz CT molecular complexity index is 1190. The Morgan fingerprint density at radius 3 is 2.36 bits per heavy atom. The Labute approximate surface area is 191 Å². The molecule has 8 heteroatoms. The Morgan fingerprint density at radius 1 is 0.909 bits per heavy atom. The molecule has 0 saturated carbocycles. The fourth-order valence-corrected chi connectivity index (χ4v) is 3.06. The molecule has 0 aliphatic carbocycles. The first kappa shape index (κ1) is 23.7. The van der Waals surface area contributed by atoms with Gasteiger partial charge in [-0.25, -0.2) is 9.18 Å². The van der Waals surface area contributed by atoms with Crippen molar-refractivity contribution in [2.24, 2.45) is 0 Å². The average Bonchev–Trinajstić information content (AvgIpc) is 2.74. The lowest BCUT2D eigenvalue weighted by Gasteiger charge is -2.20. The van der Waals surface area contributed by atoms with Crippen LogP contribution >= 0.6 is 0 Å². The molecule has 7 nitrogen and oxygen atoms in total. The number of benzene rings is 3. The molecule has 3 amide bonds. The van der Waals surface area contributed by atoms with Gasteiger partial charge in [-0.05, 0) is 61.9 Å². The second kappa shape index (κ2) is 10.1. The second-order valence-corrected chi connectivity index (χ2v) is 8.44. The topological polar surface area (TPSA) is 96.5 Å². The van der Waals surface area contributed by atoms with Gasteiger partial charge in [0.05, 0.1) is 5.69 Å². The zero-order chi connectivity index (χ0) is 24.0. The lowest BCUT2D eigenvalue weighted by atomic mass is 10.1. The third kappa shape index (κ3) is 7.03. The summed E-state index contributed by atoms with van der Waals surface area (Å²) in [5, 5.41) is 9.65. The summed E-state index contributed by atoms with van der Waals surface area (Å²) in [5.74, 6) is -1.32. The molecule has 0 aromatic heterocycles. The van der Waals surface area contributed by atoms with Crippen LogP contribution in [0.5, 0.6) is 0 Å². The zero-order valence-electron chi connectivity index (χ0n) is 18.7. The number of rotatable bonds is 6. The first-order chi connectivity index (χ1) is 15.6. The monoisotopic (exact) mass is 451 g/mol. The molecule has 0 atom stereocenters. The van der Waals surface area contributed by atoms with E-state index in [0.29, 0.717) is 11.3 Å². The smallest absolute Gasteiger partial charge is 0.412 e. The van der Waals surface area contributed by atoms with Gasteiger partial charge in [-0.15, -0.1) is 0 Å². The van der Waals surface area contributed by atoms with Crippen molar-refractivity contribution in [1.82, 2.24) is 5.32 Å². The van der Waals surface area contributed by atoms with Crippen LogP contribution in [0, 0.1) is 5.82 Å². The molecule has 0 heterocycles. The number of carbonyl (C=O) groups is 3. The van der Waals surface area contributed by atoms with Crippen LogP contribution in [0.4, 0.5) is 20.6 Å². The second-order valence-electron chi connectivity index (χ2n) is 8.44. The largest absolute Gasteiger partial charge is 0.444 e. The van der Waals surface area contributed by atoms with Gasteiger partial charge in [0.25, 0.3) is 5.91 Å². The fourth-order valence-electron chi connectivity index (χ4n) is 3.06. The Hall–Kier alpha value is -3.94. The molecule has 0 aliphatic heterocycles. The van der Waals surface area contributed by atoms with Gasteiger partial charge in [0.15, 0.2) is 0 Å². The summed E-state index contributed by atoms with van der Waals surface area (Å²) in [6.45, 7) is 5.21. The maximum atomic E-state index is 14.0. The van der Waals surface area contributed by atoms with Crippen molar-refractivity contribution in [3.05, 3.63) is 72.0 Å². The molecular weight excluding hydrogens is 425 g/mol. The molecule has 0 spiro atoms. The first-order valence-corrected chi connectivity index (χ1v) is 10.5. The van der Waals surface area contributed by atoms with Gasteiger partial charge >= 0.3 is 6.09 Å². The van der Waals surface area contributed by atoms with E-state index < -0.39 is 17.5 Å². The minimum absolute atomic E-state index is 0.0194. The molecule has 33 heavy (non-hydrogen) atoms. The van der Waals surface area contributed by atoms with Crippen molar-refractivity contribution in [1.29, 1.82) is 0 Å². The molecule has 0 radical (unpaired) electrons. The lowest BCUT2D eigenvalue weighted by Crippen LogP contribution is -2.28. The summed E-state index contributed by atoms with van der Waals surface area (Å²) in [7, 11) is 0. The third-order valence-corrected chi connectivity index (χ3v) is 4.54. The molecule has 3 aromatic carbocycles. The SMILES string of the molecule is CC(C)(C)OC(=O)Nc1cc(NC(=O)CCNC(=O)c2ccc3ccccc3c2)ccc1F. The number of anilines is 2. The normalized spacial score (nSPS) is 11.0. The van der Waals surface area contributed by atoms with Crippen LogP contribution < -0.4 is 16.0 Å². The number of amides is 3. The van der Waals surface area contributed by atoms with E-state index in [2.05, 4.69) is 16.0 Å². The van der Waals surface area contributed by atoms with Gasteiger partial charge in [-0.3, -0.25) is 14.9 Å². The molecule has 0 fully saturated rings. The predicted octanol–water partition coefficient (Wildman–Crippen LogP) is 5.08. The molecule has 172 valence electrons. The van der Waals surface area contributed by atoms with Crippen molar-refractivity contribution in [3.63, 3.8) is 0 Å². The summed E-state index contributed by atoms with van der Waals surface area (Å²) >= 11 is 0. The van der Waals surface area contributed by atoms with Gasteiger partial charge in [0.1, 0.15) is 11.4 Å². The summed E-state index contributed by atoms with van der Waals surface area (Å²) < 4.78 is 19.1. The Morgan fingerprint density at radius 2 is 1.64 bits per heavy atom. The third-order valence-electron chi connectivity index (χ3n) is 4.54. The summed E-state index contributed by atoms with van der Waals surface area (Å²) in [5.41, 5.74) is -0.0468. The van der Waals surface area contributed by atoms with Crippen LogP contribution in [-0.4, -0.2) is 30.1 Å². The van der Waals surface area contributed by atoms with Crippen LogP contribution in [0.15, 0.2) is 60.7 Å². The molecule has 3 aromatic rings. The first-order valence-electron chi connectivity index (χ1n) is 10.5. The number of hydrogen-bond donors (Lipinski definition) is 3. The van der Waals surface area contributed by atoms with E-state index in [1.807, 2.05) is 30.3 Å². The number of ether oxygens (including phenoxy) is 1. The minimum Gasteiger partial charge on any atom is -0.444 e. The number of hydrogen-bond acceptors (Lipinski definition) is 4. The average molecular weight is 451 g/mol. The maximum Gasteiger partial charge on any atom is 0.412 e. The van der Waals surface area contributed by atoms with Gasteiger partial charge in [0.2, 0.25) is 5.91 Å². The molecule has 0 aliphatic rings. The van der Waals surface area contributed by atoms with Crippen molar-refractivity contribution >= 4 is 40.1 Å². The van der Waals surface area contributed by atoms with E-state index in [1.54, 1.807) is 32.9 Å². The summed E-state index contributed by atoms with van der Waals surface area (Å²) in [4.78, 5) is 36.5. The quantitative estimate of drug-likeness (QED) is 0.487. The number of nitrogens with one attached hydrogen (secondary N) is 3. The Kier molecular flexibility index (Phi) is 7.27. The fraction of sp³-hybridized carbons (Fsp3) is 0.240. The van der Waals surface area contributed by atoms with Gasteiger partial charge in [-0.1, -0.05) is 30.3 Å². The van der Waals surface area contributed by atoms with E-state index in [9.17, 15) is 18.8 Å². The summed E-state index contributed by atoms with van der Waals surface area (Å²) in [6, 6.07) is 16.9.